The van der Waals surface area contributed by atoms with Crippen LogP contribution >= 0.6 is 27.7 Å². The van der Waals surface area contributed by atoms with E-state index in [0.29, 0.717) is 29.6 Å². The summed E-state index contributed by atoms with van der Waals surface area (Å²) < 4.78 is 12.1. The lowest BCUT2D eigenvalue weighted by Crippen LogP contribution is -2.27. The number of carbonyl (C=O) groups excluding carboxylic acids is 2. The van der Waals surface area contributed by atoms with E-state index < -0.39 is 0 Å². The van der Waals surface area contributed by atoms with Crippen LogP contribution in [0.1, 0.15) is 18.1 Å². The Balaban J connectivity index is 1.62. The standard InChI is InChI=1S/C26H22BrNO4S/c1-3-12-32-23-15-21(27)19(13-22(23)31-4-2)14-24-25(29)28(26(30)33-24)16-18-10-7-9-17-8-5-6-11-20(17)18/h3,5-11,13-15H,1,4,12,16H2,2H3/b24-14+. The van der Waals surface area contributed by atoms with E-state index in [4.69, 9.17) is 9.47 Å². The molecule has 0 N–H and O–H groups in total. The molecule has 0 radical (unpaired) electrons. The average molecular weight is 524 g/mol. The minimum Gasteiger partial charge on any atom is -0.490 e. The maximum atomic E-state index is 13.1. The van der Waals surface area contributed by atoms with Gasteiger partial charge in [0.2, 0.25) is 0 Å². The van der Waals surface area contributed by atoms with E-state index in [0.717, 1.165) is 38.1 Å². The minimum atomic E-state index is -0.310. The second-order valence-electron chi connectivity index (χ2n) is 7.26. The molecule has 1 aliphatic heterocycles. The summed E-state index contributed by atoms with van der Waals surface area (Å²) >= 11 is 4.48. The Labute approximate surface area is 205 Å². The van der Waals surface area contributed by atoms with Crippen LogP contribution in [0.15, 0.2) is 76.6 Å². The monoisotopic (exact) mass is 523 g/mol. The molecule has 2 amide bonds. The highest BCUT2D eigenvalue weighted by Gasteiger charge is 2.35. The van der Waals surface area contributed by atoms with Crippen LogP contribution in [0.2, 0.25) is 0 Å². The predicted octanol–water partition coefficient (Wildman–Crippen LogP) is 6.80. The van der Waals surface area contributed by atoms with Crippen molar-refractivity contribution in [3.63, 3.8) is 0 Å². The van der Waals surface area contributed by atoms with Gasteiger partial charge in [0.25, 0.3) is 11.1 Å². The highest BCUT2D eigenvalue weighted by molar-refractivity contribution is 9.10. The van der Waals surface area contributed by atoms with Crippen LogP contribution in [0.3, 0.4) is 0 Å². The van der Waals surface area contributed by atoms with Gasteiger partial charge < -0.3 is 9.47 Å². The van der Waals surface area contributed by atoms with E-state index in [-0.39, 0.29) is 17.7 Å². The molecule has 3 aromatic rings. The normalized spacial score (nSPS) is 14.8. The van der Waals surface area contributed by atoms with Crippen LogP contribution in [-0.4, -0.2) is 29.3 Å². The van der Waals surface area contributed by atoms with E-state index in [9.17, 15) is 9.59 Å². The molecule has 168 valence electrons. The van der Waals surface area contributed by atoms with Gasteiger partial charge in [0, 0.05) is 4.47 Å². The Bertz CT molecular complexity index is 1270. The third-order valence-electron chi connectivity index (χ3n) is 5.09. The number of nitrogens with zero attached hydrogens (tertiary/aromatic N) is 1. The number of hydrogen-bond acceptors (Lipinski definition) is 5. The molecule has 1 heterocycles. The highest BCUT2D eigenvalue weighted by Crippen LogP contribution is 2.39. The molecule has 5 nitrogen and oxygen atoms in total. The number of hydrogen-bond donors (Lipinski definition) is 0. The second kappa shape index (κ2) is 10.3. The molecule has 33 heavy (non-hydrogen) atoms. The van der Waals surface area contributed by atoms with Gasteiger partial charge >= 0.3 is 0 Å². The van der Waals surface area contributed by atoms with Crippen LogP contribution in [0.4, 0.5) is 4.79 Å². The van der Waals surface area contributed by atoms with Crippen molar-refractivity contribution in [3.8, 4) is 11.5 Å². The molecule has 4 rings (SSSR count). The lowest BCUT2D eigenvalue weighted by molar-refractivity contribution is -0.123. The van der Waals surface area contributed by atoms with Crippen molar-refractivity contribution in [2.75, 3.05) is 13.2 Å². The van der Waals surface area contributed by atoms with Crippen molar-refractivity contribution < 1.29 is 19.1 Å². The first-order chi connectivity index (χ1) is 16.0. The zero-order chi connectivity index (χ0) is 23.4. The van der Waals surface area contributed by atoms with Gasteiger partial charge in [-0.05, 0) is 58.8 Å². The summed E-state index contributed by atoms with van der Waals surface area (Å²) in [5.41, 5.74) is 1.65. The first kappa shape index (κ1) is 23.1. The number of rotatable bonds is 8. The van der Waals surface area contributed by atoms with Gasteiger partial charge in [0.15, 0.2) is 11.5 Å². The van der Waals surface area contributed by atoms with Gasteiger partial charge in [0.05, 0.1) is 18.1 Å². The quantitative estimate of drug-likeness (QED) is 0.240. The van der Waals surface area contributed by atoms with Crippen molar-refractivity contribution in [3.05, 3.63) is 87.8 Å². The van der Waals surface area contributed by atoms with Gasteiger partial charge in [-0.25, -0.2) is 0 Å². The molecule has 0 unspecified atom stereocenters. The van der Waals surface area contributed by atoms with Crippen molar-refractivity contribution in [1.82, 2.24) is 4.90 Å². The van der Waals surface area contributed by atoms with Gasteiger partial charge in [-0.3, -0.25) is 14.5 Å². The summed E-state index contributed by atoms with van der Waals surface area (Å²) in [6.45, 7) is 6.59. The zero-order valence-electron chi connectivity index (χ0n) is 18.0. The molecule has 0 atom stereocenters. The summed E-state index contributed by atoms with van der Waals surface area (Å²) in [5.74, 6) is 0.823. The van der Waals surface area contributed by atoms with Crippen molar-refractivity contribution in [1.29, 1.82) is 0 Å². The Kier molecular flexibility index (Phi) is 7.20. The molecule has 0 bridgehead atoms. The van der Waals surface area contributed by atoms with Crippen molar-refractivity contribution in [2.45, 2.75) is 13.5 Å². The number of halogens is 1. The number of imide groups is 1. The third kappa shape index (κ3) is 4.99. The first-order valence-corrected chi connectivity index (χ1v) is 12.0. The Morgan fingerprint density at radius 1 is 1.06 bits per heavy atom. The molecular weight excluding hydrogens is 502 g/mol. The molecule has 0 aromatic heterocycles. The minimum absolute atomic E-state index is 0.225. The number of benzene rings is 3. The Morgan fingerprint density at radius 2 is 1.82 bits per heavy atom. The van der Waals surface area contributed by atoms with Crippen LogP contribution in [0.5, 0.6) is 11.5 Å². The molecule has 0 aliphatic carbocycles. The molecule has 1 fully saturated rings. The topological polar surface area (TPSA) is 55.8 Å². The summed E-state index contributed by atoms with van der Waals surface area (Å²) in [6, 6.07) is 17.4. The van der Waals surface area contributed by atoms with E-state index in [2.05, 4.69) is 22.5 Å². The van der Waals surface area contributed by atoms with Crippen LogP contribution in [0.25, 0.3) is 16.8 Å². The number of ether oxygens (including phenoxy) is 2. The van der Waals surface area contributed by atoms with E-state index in [1.54, 1.807) is 24.3 Å². The largest absolute Gasteiger partial charge is 0.490 e. The highest BCUT2D eigenvalue weighted by atomic mass is 79.9. The molecule has 3 aromatic carbocycles. The Morgan fingerprint density at radius 3 is 2.61 bits per heavy atom. The smallest absolute Gasteiger partial charge is 0.293 e. The SMILES string of the molecule is C=CCOc1cc(Br)c(/C=C2/SC(=O)N(Cc3cccc4ccccc34)C2=O)cc1OCC. The maximum absolute atomic E-state index is 13.1. The van der Waals surface area contributed by atoms with Gasteiger partial charge in [-0.2, -0.15) is 0 Å². The fourth-order valence-electron chi connectivity index (χ4n) is 3.57. The fourth-order valence-corrected chi connectivity index (χ4v) is 4.84. The molecular formula is C26H22BrNO4S. The third-order valence-corrected chi connectivity index (χ3v) is 6.68. The molecule has 0 saturated carbocycles. The number of fused-ring (bicyclic) bond motifs is 1. The number of amides is 2. The maximum Gasteiger partial charge on any atom is 0.293 e. The average Bonchev–Trinajstić information content (AvgIpc) is 3.07. The van der Waals surface area contributed by atoms with Gasteiger partial charge in [0.1, 0.15) is 6.61 Å². The predicted molar refractivity (Wildman–Crippen MR) is 136 cm³/mol. The van der Waals surface area contributed by atoms with Crippen LogP contribution in [-0.2, 0) is 11.3 Å². The van der Waals surface area contributed by atoms with Crippen molar-refractivity contribution >= 4 is 55.7 Å². The zero-order valence-corrected chi connectivity index (χ0v) is 20.4. The van der Waals surface area contributed by atoms with E-state index >= 15 is 0 Å². The van der Waals surface area contributed by atoms with Crippen LogP contribution in [0, 0.1) is 0 Å². The fraction of sp³-hybridized carbons (Fsp3) is 0.154. The first-order valence-electron chi connectivity index (χ1n) is 10.4. The van der Waals surface area contributed by atoms with Crippen molar-refractivity contribution in [2.24, 2.45) is 0 Å². The Hall–Kier alpha value is -3.03. The summed E-state index contributed by atoms with van der Waals surface area (Å²) in [6.07, 6.45) is 3.36. The lowest BCUT2D eigenvalue weighted by atomic mass is 10.0. The molecule has 0 spiro atoms. The number of thioether (sulfide) groups is 1. The van der Waals surface area contributed by atoms with Gasteiger partial charge in [-0.15, -0.1) is 0 Å². The lowest BCUT2D eigenvalue weighted by Gasteiger charge is -2.14. The summed E-state index contributed by atoms with van der Waals surface area (Å²) in [7, 11) is 0. The molecule has 1 saturated heterocycles. The number of carbonyl (C=O) groups is 2. The molecule has 7 heteroatoms. The molecule has 1 aliphatic rings. The van der Waals surface area contributed by atoms with Gasteiger partial charge in [-0.1, -0.05) is 71.0 Å². The van der Waals surface area contributed by atoms with E-state index in [1.807, 2.05) is 49.4 Å². The summed E-state index contributed by atoms with van der Waals surface area (Å²) in [5, 5.41) is 1.82. The summed E-state index contributed by atoms with van der Waals surface area (Å²) in [4.78, 5) is 27.5. The van der Waals surface area contributed by atoms with E-state index in [1.165, 1.54) is 4.90 Å². The van der Waals surface area contributed by atoms with Crippen LogP contribution < -0.4 is 9.47 Å². The second-order valence-corrected chi connectivity index (χ2v) is 9.11.